The van der Waals surface area contributed by atoms with Gasteiger partial charge in [0.2, 0.25) is 5.91 Å². The highest BCUT2D eigenvalue weighted by Gasteiger charge is 2.21. The lowest BCUT2D eigenvalue weighted by Crippen LogP contribution is -2.37. The van der Waals surface area contributed by atoms with E-state index in [1.54, 1.807) is 12.5 Å². The Morgan fingerprint density at radius 3 is 2.92 bits per heavy atom. The lowest BCUT2D eigenvalue weighted by Gasteiger charge is -2.22. The smallest absolute Gasteiger partial charge is 0.228 e. The highest BCUT2D eigenvalue weighted by atomic mass is 35.5. The van der Waals surface area contributed by atoms with Crippen molar-refractivity contribution in [2.75, 3.05) is 25.0 Å². The summed E-state index contributed by atoms with van der Waals surface area (Å²) in [7, 11) is 0. The minimum Gasteiger partial charge on any atom is -0.490 e. The van der Waals surface area contributed by atoms with E-state index in [9.17, 15) is 4.79 Å². The van der Waals surface area contributed by atoms with Gasteiger partial charge in [0, 0.05) is 18.9 Å². The Hall–Kier alpha value is -1.76. The Morgan fingerprint density at radius 1 is 1.36 bits per heavy atom. The molecular formula is C17H24Cl2N4O2. The van der Waals surface area contributed by atoms with Gasteiger partial charge >= 0.3 is 0 Å². The van der Waals surface area contributed by atoms with Crippen LogP contribution in [-0.4, -0.2) is 35.2 Å². The molecule has 6 nitrogen and oxygen atoms in total. The molecule has 138 valence electrons. The van der Waals surface area contributed by atoms with Crippen molar-refractivity contribution in [2.24, 2.45) is 5.92 Å². The summed E-state index contributed by atoms with van der Waals surface area (Å²) in [4.78, 5) is 16.4. The summed E-state index contributed by atoms with van der Waals surface area (Å²) in [6.45, 7) is 2.98. The Morgan fingerprint density at radius 2 is 2.20 bits per heavy atom. The molecule has 2 aromatic rings. The molecule has 25 heavy (non-hydrogen) atoms. The van der Waals surface area contributed by atoms with Crippen molar-refractivity contribution >= 4 is 36.4 Å². The number of hydrogen-bond acceptors (Lipinski definition) is 4. The molecule has 8 heteroatoms. The SMILES string of the molecule is Cl.Cl.O=C(Nc1ccccc1OCCn1ccnc1)C1CCCNC1. The van der Waals surface area contributed by atoms with Gasteiger partial charge in [-0.1, -0.05) is 12.1 Å². The number of benzene rings is 1. The third-order valence-corrected chi connectivity index (χ3v) is 3.98. The zero-order valence-corrected chi connectivity index (χ0v) is 15.5. The Labute approximate surface area is 160 Å². The number of nitrogens with one attached hydrogen (secondary N) is 2. The molecule has 0 radical (unpaired) electrons. The van der Waals surface area contributed by atoms with Crippen molar-refractivity contribution in [3.63, 3.8) is 0 Å². The van der Waals surface area contributed by atoms with Crippen LogP contribution in [0, 0.1) is 5.92 Å². The standard InChI is InChI=1S/C17H22N4O2.2ClH/c22-17(14-4-3-7-18-12-14)20-15-5-1-2-6-16(15)23-11-10-21-9-8-19-13-21;;/h1-2,5-6,8-9,13-14,18H,3-4,7,10-12H2,(H,20,22);2*1H. The fraction of sp³-hybridized carbons (Fsp3) is 0.412. The molecule has 0 spiro atoms. The zero-order valence-electron chi connectivity index (χ0n) is 13.9. The predicted octanol–water partition coefficient (Wildman–Crippen LogP) is 2.74. The second-order valence-electron chi connectivity index (χ2n) is 5.68. The number of carbonyl (C=O) groups excluding carboxylic acids is 1. The van der Waals surface area contributed by atoms with Crippen molar-refractivity contribution < 1.29 is 9.53 Å². The lowest BCUT2D eigenvalue weighted by atomic mass is 9.99. The highest BCUT2D eigenvalue weighted by molar-refractivity contribution is 5.94. The number of imidazole rings is 1. The number of piperidine rings is 1. The van der Waals surface area contributed by atoms with E-state index in [1.165, 1.54) is 0 Å². The molecule has 1 aromatic carbocycles. The number of rotatable bonds is 6. The van der Waals surface area contributed by atoms with Gasteiger partial charge in [-0.25, -0.2) is 4.98 Å². The van der Waals surface area contributed by atoms with E-state index in [0.717, 1.165) is 38.2 Å². The van der Waals surface area contributed by atoms with E-state index in [2.05, 4.69) is 15.6 Å². The van der Waals surface area contributed by atoms with Crippen molar-refractivity contribution in [3.05, 3.63) is 43.0 Å². The van der Waals surface area contributed by atoms with Crippen LogP contribution in [0.3, 0.4) is 0 Å². The first-order valence-electron chi connectivity index (χ1n) is 8.02. The third-order valence-electron chi connectivity index (χ3n) is 3.98. The number of ether oxygens (including phenoxy) is 1. The summed E-state index contributed by atoms with van der Waals surface area (Å²) in [6.07, 6.45) is 7.37. The maximum Gasteiger partial charge on any atom is 0.228 e. The van der Waals surface area contributed by atoms with Crippen LogP contribution in [0.1, 0.15) is 12.8 Å². The number of aromatic nitrogens is 2. The number of hydrogen-bond donors (Lipinski definition) is 2. The molecular weight excluding hydrogens is 363 g/mol. The van der Waals surface area contributed by atoms with Crippen LogP contribution in [0.15, 0.2) is 43.0 Å². The summed E-state index contributed by atoms with van der Waals surface area (Å²) in [6, 6.07) is 7.56. The fourth-order valence-electron chi connectivity index (χ4n) is 2.69. The van der Waals surface area contributed by atoms with Crippen LogP contribution in [0.5, 0.6) is 5.75 Å². The van der Waals surface area contributed by atoms with Gasteiger partial charge < -0.3 is 19.9 Å². The first-order valence-corrected chi connectivity index (χ1v) is 8.02. The van der Waals surface area contributed by atoms with Crippen molar-refractivity contribution in [1.29, 1.82) is 0 Å². The van der Waals surface area contributed by atoms with Gasteiger partial charge in [0.25, 0.3) is 0 Å². The molecule has 1 saturated heterocycles. The van der Waals surface area contributed by atoms with Gasteiger partial charge in [0.15, 0.2) is 0 Å². The maximum absolute atomic E-state index is 12.4. The largest absolute Gasteiger partial charge is 0.490 e. The molecule has 1 atom stereocenters. The van der Waals surface area contributed by atoms with Crippen LogP contribution < -0.4 is 15.4 Å². The number of carbonyl (C=O) groups is 1. The first-order chi connectivity index (χ1) is 11.3. The van der Waals surface area contributed by atoms with Gasteiger partial charge in [-0.3, -0.25) is 4.79 Å². The second-order valence-corrected chi connectivity index (χ2v) is 5.68. The van der Waals surface area contributed by atoms with Crippen LogP contribution in [0.4, 0.5) is 5.69 Å². The van der Waals surface area contributed by atoms with Gasteiger partial charge in [0.1, 0.15) is 12.4 Å². The van der Waals surface area contributed by atoms with Crippen molar-refractivity contribution in [1.82, 2.24) is 14.9 Å². The molecule has 1 aromatic heterocycles. The average Bonchev–Trinajstić information content (AvgIpc) is 3.10. The molecule has 1 unspecified atom stereocenters. The molecule has 1 amide bonds. The van der Waals surface area contributed by atoms with Crippen molar-refractivity contribution in [2.45, 2.75) is 19.4 Å². The average molecular weight is 387 g/mol. The van der Waals surface area contributed by atoms with E-state index in [4.69, 9.17) is 4.74 Å². The topological polar surface area (TPSA) is 68.2 Å². The van der Waals surface area contributed by atoms with E-state index >= 15 is 0 Å². The van der Waals surface area contributed by atoms with Gasteiger partial charge in [-0.2, -0.15) is 0 Å². The fourth-order valence-corrected chi connectivity index (χ4v) is 2.69. The zero-order chi connectivity index (χ0) is 15.9. The molecule has 2 heterocycles. The highest BCUT2D eigenvalue weighted by Crippen LogP contribution is 2.25. The van der Waals surface area contributed by atoms with Crippen molar-refractivity contribution in [3.8, 4) is 5.75 Å². The summed E-state index contributed by atoms with van der Waals surface area (Å²) in [5.41, 5.74) is 0.730. The Kier molecular flexibility index (Phi) is 9.34. The normalized spacial score (nSPS) is 16.2. The van der Waals surface area contributed by atoms with Crippen LogP contribution >= 0.6 is 24.8 Å². The summed E-state index contributed by atoms with van der Waals surface area (Å²) < 4.78 is 7.77. The number of halogens is 2. The van der Waals surface area contributed by atoms with Crippen LogP contribution in [-0.2, 0) is 11.3 Å². The first kappa shape index (κ1) is 21.3. The molecule has 3 rings (SSSR count). The second kappa shape index (κ2) is 11.0. The van der Waals surface area contributed by atoms with Gasteiger partial charge in [-0.05, 0) is 31.5 Å². The minimum atomic E-state index is 0. The predicted molar refractivity (Wildman–Crippen MR) is 103 cm³/mol. The van der Waals surface area contributed by atoms with E-state index in [1.807, 2.05) is 35.0 Å². The number of amides is 1. The summed E-state index contributed by atoms with van der Waals surface area (Å²) in [5.74, 6) is 0.787. The molecule has 0 saturated carbocycles. The minimum absolute atomic E-state index is 0. The van der Waals surface area contributed by atoms with Gasteiger partial charge in [-0.15, -0.1) is 24.8 Å². The summed E-state index contributed by atoms with van der Waals surface area (Å²) >= 11 is 0. The molecule has 0 aliphatic carbocycles. The number of nitrogens with zero attached hydrogens (tertiary/aromatic N) is 2. The van der Waals surface area contributed by atoms with Crippen LogP contribution in [0.2, 0.25) is 0 Å². The van der Waals surface area contributed by atoms with E-state index < -0.39 is 0 Å². The summed E-state index contributed by atoms with van der Waals surface area (Å²) in [5, 5.41) is 6.27. The molecule has 0 bridgehead atoms. The molecule has 2 N–H and O–H groups in total. The monoisotopic (exact) mass is 386 g/mol. The molecule has 1 aliphatic heterocycles. The lowest BCUT2D eigenvalue weighted by molar-refractivity contribution is -0.120. The molecule has 1 fully saturated rings. The third kappa shape index (κ3) is 6.23. The maximum atomic E-state index is 12.4. The number of para-hydroxylation sites is 2. The Balaban J connectivity index is 0.00000156. The van der Waals surface area contributed by atoms with E-state index in [0.29, 0.717) is 12.4 Å². The number of anilines is 1. The quantitative estimate of drug-likeness (QED) is 0.800. The van der Waals surface area contributed by atoms with Gasteiger partial charge in [0.05, 0.1) is 24.5 Å². The Bertz CT molecular complexity index is 631. The van der Waals surface area contributed by atoms with Crippen LogP contribution in [0.25, 0.3) is 0 Å². The molecule has 1 aliphatic rings. The van der Waals surface area contributed by atoms with E-state index in [-0.39, 0.29) is 36.6 Å².